The normalized spacial score (nSPS) is 7.64. The summed E-state index contributed by atoms with van der Waals surface area (Å²) in [4.78, 5) is 8.33. The Balaban J connectivity index is -0.0000000177. The van der Waals surface area contributed by atoms with Crippen molar-refractivity contribution in [3.05, 3.63) is 0 Å². The molecule has 0 aliphatic carbocycles. The average Bonchev–Trinajstić information content (AvgIpc) is 2.26. The van der Waals surface area contributed by atoms with Gasteiger partial charge in [-0.15, -0.1) is 0 Å². The SMILES string of the molecule is O=C([O-])[O-].O=S(O)O.O=S([O-])O.OB(O)O.OCCOCCO.[K+].[K+].[K+].[Na+].[OH-]. The molecule has 0 spiro atoms. The molecule has 23 heteroatoms. The minimum atomic E-state index is -2.86. The first-order valence-electron chi connectivity index (χ1n) is 4.64. The maximum absolute atomic E-state index is 8.67. The van der Waals surface area contributed by atoms with Crippen LogP contribution in [-0.4, -0.2) is 97.3 Å². The second-order valence-corrected chi connectivity index (χ2v) is 3.00. The van der Waals surface area contributed by atoms with Gasteiger partial charge in [0.1, 0.15) is 0 Å². The van der Waals surface area contributed by atoms with Crippen molar-refractivity contribution in [2.24, 2.45) is 0 Å². The molecular weight excluding hydrogens is 531 g/mol. The van der Waals surface area contributed by atoms with Gasteiger partial charge in [-0.25, -0.2) is 4.21 Å². The van der Waals surface area contributed by atoms with Crippen molar-refractivity contribution in [3.8, 4) is 0 Å². The molecule has 0 saturated heterocycles. The fourth-order valence-electron chi connectivity index (χ4n) is 0.231. The van der Waals surface area contributed by atoms with Crippen LogP contribution in [0.15, 0.2) is 0 Å². The van der Waals surface area contributed by atoms with Crippen molar-refractivity contribution in [2.75, 3.05) is 26.4 Å². The van der Waals surface area contributed by atoms with Crippen molar-refractivity contribution in [1.82, 2.24) is 0 Å². The predicted octanol–water partition coefficient (Wildman–Crippen LogP) is -18.7. The Morgan fingerprint density at radius 3 is 1.07 bits per heavy atom. The van der Waals surface area contributed by atoms with E-state index >= 15 is 0 Å². The van der Waals surface area contributed by atoms with Crippen LogP contribution >= 0.6 is 0 Å². The molecule has 0 bridgehead atoms. The number of aliphatic hydroxyl groups excluding tert-OH is 2. The van der Waals surface area contributed by atoms with E-state index in [0.29, 0.717) is 13.2 Å². The van der Waals surface area contributed by atoms with Crippen LogP contribution < -0.4 is 194 Å². The van der Waals surface area contributed by atoms with Gasteiger partial charge in [-0.1, -0.05) is 0 Å². The molecule has 0 aliphatic rings. The number of carbonyl (C=O) groups excluding carboxylic acids is 1. The summed E-state index contributed by atoms with van der Waals surface area (Å²) in [7, 11) is -2.17. The second kappa shape index (κ2) is 63.6. The average molecular weight is 548 g/mol. The van der Waals surface area contributed by atoms with E-state index in [9.17, 15) is 0 Å². The third kappa shape index (κ3) is 340. The summed E-state index contributed by atoms with van der Waals surface area (Å²) in [6.45, 7) is 0.696. The maximum Gasteiger partial charge on any atom is 1.00 e. The smallest absolute Gasteiger partial charge is 0.870 e. The fraction of sp³-hybridized carbons (Fsp3) is 0.800. The van der Waals surface area contributed by atoms with Crippen molar-refractivity contribution >= 4 is 36.2 Å². The number of hydrogen-bond donors (Lipinski definition) is 8. The Hall–Kier alpha value is 5.10. The molecule has 1 unspecified atom stereocenters. The van der Waals surface area contributed by atoms with Crippen LogP contribution in [0.3, 0.4) is 0 Å². The first-order chi connectivity index (χ1) is 10.3. The molecule has 0 radical (unpaired) electrons. The molecule has 9 N–H and O–H groups in total. The van der Waals surface area contributed by atoms with E-state index < -0.39 is 36.2 Å². The number of hydrogen-bond acceptors (Lipinski definition) is 13. The summed E-state index contributed by atoms with van der Waals surface area (Å²) < 4.78 is 51.5. The van der Waals surface area contributed by atoms with Crippen molar-refractivity contribution in [3.63, 3.8) is 0 Å². The first-order valence-corrected chi connectivity index (χ1v) is 6.74. The van der Waals surface area contributed by atoms with Crippen molar-refractivity contribution in [1.29, 1.82) is 0 Å². The number of carbonyl (C=O) groups is 1. The molecule has 0 heterocycles. The Labute approximate surface area is 315 Å². The van der Waals surface area contributed by atoms with Crippen molar-refractivity contribution < 1.29 is 261 Å². The molecule has 152 valence electrons. The molecule has 16 nitrogen and oxygen atoms in total. The topological polar surface area (TPSA) is 321 Å². The van der Waals surface area contributed by atoms with Crippen LogP contribution in [-0.2, 0) is 27.5 Å². The number of aliphatic hydroxyl groups is 2. The monoisotopic (exact) mass is 548 g/mol. The zero-order valence-electron chi connectivity index (χ0n) is 15.6. The molecule has 0 aromatic heterocycles. The van der Waals surface area contributed by atoms with Crippen molar-refractivity contribution in [2.45, 2.75) is 0 Å². The molecule has 28 heavy (non-hydrogen) atoms. The van der Waals surface area contributed by atoms with E-state index in [4.69, 9.17) is 66.9 Å². The molecule has 0 saturated carbocycles. The van der Waals surface area contributed by atoms with E-state index in [1.54, 1.807) is 0 Å². The number of ether oxygens (including phenoxy) is 1. The Bertz CT molecular complexity index is 235. The Kier molecular flexibility index (Phi) is 145. The predicted molar refractivity (Wildman–Crippen MR) is 69.7 cm³/mol. The molecule has 0 aromatic carbocycles. The third-order valence-electron chi connectivity index (χ3n) is 0.471. The fourth-order valence-corrected chi connectivity index (χ4v) is 0.231. The summed E-state index contributed by atoms with van der Waals surface area (Å²) >= 11 is -5.47. The largest absolute Gasteiger partial charge is 1.00 e. The minimum absolute atomic E-state index is 0. The first kappa shape index (κ1) is 63.9. The second-order valence-electron chi connectivity index (χ2n) is 2.10. The third-order valence-corrected chi connectivity index (χ3v) is 0.471. The van der Waals surface area contributed by atoms with Gasteiger partial charge in [-0.2, -0.15) is 4.21 Å². The molecule has 0 rings (SSSR count). The van der Waals surface area contributed by atoms with Crippen LogP contribution in [0, 0.1) is 0 Å². The molecule has 0 fully saturated rings. The van der Waals surface area contributed by atoms with Gasteiger partial charge in [0.2, 0.25) is 0 Å². The zero-order valence-corrected chi connectivity index (χ0v) is 28.6. The minimum Gasteiger partial charge on any atom is -0.870 e. The molecule has 0 aromatic rings. The van der Waals surface area contributed by atoms with Crippen LogP contribution in [0.5, 0.6) is 0 Å². The quantitative estimate of drug-likeness (QED) is 0.0918. The summed E-state index contributed by atoms with van der Waals surface area (Å²) in [6.07, 6.45) is -2.33. The summed E-state index contributed by atoms with van der Waals surface area (Å²) in [5, 5.41) is 54.3. The summed E-state index contributed by atoms with van der Waals surface area (Å²) in [5.74, 6) is 0. The van der Waals surface area contributed by atoms with E-state index in [1.165, 1.54) is 0 Å². The van der Waals surface area contributed by atoms with E-state index in [1.807, 2.05) is 0 Å². The van der Waals surface area contributed by atoms with E-state index in [0.717, 1.165) is 0 Å². The molecule has 0 amide bonds. The van der Waals surface area contributed by atoms with Gasteiger partial charge in [0, 0.05) is 0 Å². The van der Waals surface area contributed by atoms with Gasteiger partial charge in [-0.05, 0) is 6.16 Å². The zero-order chi connectivity index (χ0) is 19.8. The standard InChI is InChI=1S/C4H10O3.CH2O3.BH3O3.3K.Na.2H2O3S.H2O/c5-1-3-7-4-2-6;2*2-1(3)4;;;;;2*1-4(2)3;/h5-6H,1-4H2;(H2,2,3,4);2-4H;;;;;2*(H2,1,2,3);1H2/q;;;4*+1;;;/p-4. The van der Waals surface area contributed by atoms with Crippen LogP contribution in [0.1, 0.15) is 0 Å². The van der Waals surface area contributed by atoms with Crippen LogP contribution in [0.25, 0.3) is 0 Å². The summed E-state index contributed by atoms with van der Waals surface area (Å²) in [5.41, 5.74) is 0. The van der Waals surface area contributed by atoms with E-state index in [-0.39, 0.29) is 202 Å². The maximum atomic E-state index is 8.67. The number of rotatable bonds is 4. The van der Waals surface area contributed by atoms with Gasteiger partial charge in [0.25, 0.3) is 11.4 Å². The molecule has 0 aliphatic heterocycles. The Morgan fingerprint density at radius 2 is 1.00 bits per heavy atom. The van der Waals surface area contributed by atoms with Crippen LogP contribution in [0.4, 0.5) is 4.79 Å². The number of carboxylic acid groups (broad SMARTS) is 2. The van der Waals surface area contributed by atoms with Gasteiger partial charge in [0.15, 0.2) is 0 Å². The van der Waals surface area contributed by atoms with Gasteiger partial charge >= 0.3 is 191 Å². The molecular formula is C5H17BK3NaO16S2. The van der Waals surface area contributed by atoms with Gasteiger partial charge < -0.3 is 59.6 Å². The Morgan fingerprint density at radius 1 is 0.893 bits per heavy atom. The van der Waals surface area contributed by atoms with Crippen LogP contribution in [0.2, 0.25) is 0 Å². The van der Waals surface area contributed by atoms with E-state index in [2.05, 4.69) is 4.74 Å². The van der Waals surface area contributed by atoms with Gasteiger partial charge in [-0.3, -0.25) is 9.11 Å². The van der Waals surface area contributed by atoms with Gasteiger partial charge in [0.05, 0.1) is 37.8 Å². The molecule has 1 atom stereocenters. The summed E-state index contributed by atoms with van der Waals surface area (Å²) in [6, 6.07) is 0.